The first-order chi connectivity index (χ1) is 36.1. The quantitative estimate of drug-likeness (QED) is 0.143. The summed E-state index contributed by atoms with van der Waals surface area (Å²) < 4.78 is 9.14. The molecule has 3 heteroatoms. The van der Waals surface area contributed by atoms with Crippen LogP contribution in [0.4, 0.5) is 11.4 Å². The number of hydrogen-bond acceptors (Lipinski definition) is 3. The van der Waals surface area contributed by atoms with Gasteiger partial charge in [-0.15, -0.1) is 11.3 Å². The van der Waals surface area contributed by atoms with Gasteiger partial charge >= 0.3 is 0 Å². The molecule has 0 bridgehead atoms. The van der Waals surface area contributed by atoms with Crippen molar-refractivity contribution >= 4 is 81.2 Å². The van der Waals surface area contributed by atoms with Crippen molar-refractivity contribution in [3.63, 3.8) is 0 Å². The summed E-state index contributed by atoms with van der Waals surface area (Å²) in [5.41, 5.74) is 19.6. The molecule has 2 heterocycles. The molecule has 11 aromatic carbocycles. The second-order valence-corrected chi connectivity index (χ2v) is 20.2. The van der Waals surface area contributed by atoms with Gasteiger partial charge in [0.1, 0.15) is 11.2 Å². The van der Waals surface area contributed by atoms with Gasteiger partial charge in [-0.2, -0.15) is 0 Å². The van der Waals surface area contributed by atoms with E-state index in [9.17, 15) is 0 Å². The fourth-order valence-corrected chi connectivity index (χ4v) is 12.2. The molecule has 1 aliphatic rings. The van der Waals surface area contributed by atoms with Gasteiger partial charge in [-0.1, -0.05) is 194 Å². The summed E-state index contributed by atoms with van der Waals surface area (Å²) >= 11 is 1.87. The van der Waals surface area contributed by atoms with Crippen molar-refractivity contribution in [3.05, 3.63) is 272 Å². The largest absolute Gasteiger partial charge is 0.456 e. The summed E-state index contributed by atoms with van der Waals surface area (Å²) in [4.78, 5) is 2.48. The Morgan fingerprint density at radius 2 is 0.945 bits per heavy atom. The van der Waals surface area contributed by atoms with Gasteiger partial charge in [0.15, 0.2) is 0 Å². The van der Waals surface area contributed by atoms with E-state index in [4.69, 9.17) is 4.42 Å². The highest BCUT2D eigenvalue weighted by Crippen LogP contribution is 2.45. The average Bonchev–Trinajstić information content (AvgIpc) is 4.05. The summed E-state index contributed by atoms with van der Waals surface area (Å²) in [6.07, 6.45) is 6.73. The molecule has 2 aromatic heterocycles. The minimum Gasteiger partial charge on any atom is -0.456 e. The SMILES string of the molecule is C1=C(c2ccc(-c3ccccc3)cc2)CCC=C1N(c1ccc(-c2ccc3c(c2)oc2ccc4ccccc4c23)cc1)c1cc(-c2ccc(-c3ccccc3)cc2)cc(-c2cccc3sc4ccccc4c23)c1. The topological polar surface area (TPSA) is 16.4 Å². The van der Waals surface area contributed by atoms with Crippen LogP contribution in [0.5, 0.6) is 0 Å². The zero-order valence-electron chi connectivity index (χ0n) is 40.0. The van der Waals surface area contributed by atoms with Crippen LogP contribution in [0.3, 0.4) is 0 Å². The van der Waals surface area contributed by atoms with Crippen LogP contribution >= 0.6 is 11.3 Å². The number of benzene rings is 11. The van der Waals surface area contributed by atoms with Gasteiger partial charge in [0.2, 0.25) is 0 Å². The number of allylic oxidation sites excluding steroid dienone is 3. The lowest BCUT2D eigenvalue weighted by Gasteiger charge is -2.30. The molecule has 0 unspecified atom stereocenters. The Kier molecular flexibility index (Phi) is 10.6. The number of fused-ring (bicyclic) bond motifs is 8. The molecule has 0 atom stereocenters. The first-order valence-electron chi connectivity index (χ1n) is 25.2. The monoisotopic (exact) mass is 949 g/mol. The van der Waals surface area contributed by atoms with Gasteiger partial charge in [-0.05, 0) is 157 Å². The zero-order chi connectivity index (χ0) is 48.2. The molecule has 14 rings (SSSR count). The second-order valence-electron chi connectivity index (χ2n) is 19.1. The third-order valence-corrected chi connectivity index (χ3v) is 15.9. The molecule has 344 valence electrons. The maximum absolute atomic E-state index is 6.55. The molecule has 0 amide bonds. The third-order valence-electron chi connectivity index (χ3n) is 14.7. The minimum absolute atomic E-state index is 0.894. The van der Waals surface area contributed by atoms with Crippen LogP contribution in [0.1, 0.15) is 18.4 Å². The van der Waals surface area contributed by atoms with E-state index < -0.39 is 0 Å². The lowest BCUT2D eigenvalue weighted by Crippen LogP contribution is -2.17. The van der Waals surface area contributed by atoms with Gasteiger partial charge in [0.25, 0.3) is 0 Å². The van der Waals surface area contributed by atoms with Crippen LogP contribution in [0, 0.1) is 0 Å². The van der Waals surface area contributed by atoms with Crippen molar-refractivity contribution in [1.29, 1.82) is 0 Å². The third kappa shape index (κ3) is 7.83. The summed E-state index contributed by atoms with van der Waals surface area (Å²) in [7, 11) is 0. The highest BCUT2D eigenvalue weighted by atomic mass is 32.1. The van der Waals surface area contributed by atoms with Crippen LogP contribution in [0.25, 0.3) is 114 Å². The summed E-state index contributed by atoms with van der Waals surface area (Å²) in [5.74, 6) is 0. The van der Waals surface area contributed by atoms with Crippen LogP contribution in [-0.2, 0) is 0 Å². The number of rotatable bonds is 9. The lowest BCUT2D eigenvalue weighted by atomic mass is 9.92. The van der Waals surface area contributed by atoms with Crippen LogP contribution < -0.4 is 4.90 Å². The van der Waals surface area contributed by atoms with Crippen LogP contribution in [-0.4, -0.2) is 0 Å². The number of thiophene rings is 1. The predicted octanol–water partition coefficient (Wildman–Crippen LogP) is 20.3. The van der Waals surface area contributed by atoms with Crippen molar-refractivity contribution in [3.8, 4) is 55.6 Å². The van der Waals surface area contributed by atoms with Crippen LogP contribution in [0.2, 0.25) is 0 Å². The lowest BCUT2D eigenvalue weighted by molar-refractivity contribution is 0.669. The van der Waals surface area contributed by atoms with Crippen molar-refractivity contribution in [2.75, 3.05) is 4.90 Å². The first-order valence-corrected chi connectivity index (χ1v) is 26.0. The van der Waals surface area contributed by atoms with E-state index in [2.05, 4.69) is 266 Å². The van der Waals surface area contributed by atoms with Crippen molar-refractivity contribution < 1.29 is 4.42 Å². The molecule has 2 nitrogen and oxygen atoms in total. The molecule has 0 radical (unpaired) electrons. The van der Waals surface area contributed by atoms with Gasteiger partial charge < -0.3 is 9.32 Å². The van der Waals surface area contributed by atoms with Crippen molar-refractivity contribution in [2.45, 2.75) is 12.8 Å². The Bertz CT molecular complexity index is 4270. The fraction of sp³-hybridized carbons (Fsp3) is 0.0286. The number of hydrogen-bond donors (Lipinski definition) is 0. The Balaban J connectivity index is 0.924. The molecule has 0 aliphatic heterocycles. The molecule has 0 fully saturated rings. The summed E-state index contributed by atoms with van der Waals surface area (Å²) in [6, 6.07) is 90.9. The smallest absolute Gasteiger partial charge is 0.136 e. The number of anilines is 2. The standard InChI is InChI=1S/C70H47NOS/c1-3-13-46(14-4-1)48-25-29-50(30-26-48)54-18-11-19-59(42-54)71(58-37-33-51(34-38-58)55-35-39-63-66(45-55)72-65-40-36-53-17-7-8-20-61(53)69(63)65)60-43-56(52-31-27-49(28-32-52)47-15-5-2-6-16-47)41-57(44-60)62-22-12-24-68-70(62)64-21-9-10-23-67(64)73-68/h1-10,12-17,19-45H,11,18H2. The molecule has 0 saturated carbocycles. The second kappa shape index (κ2) is 18.0. The molecule has 1 aliphatic carbocycles. The van der Waals surface area contributed by atoms with E-state index in [0.717, 1.165) is 63.2 Å². The number of nitrogens with zero attached hydrogens (tertiary/aromatic N) is 1. The van der Waals surface area contributed by atoms with E-state index in [-0.39, 0.29) is 0 Å². The molecular formula is C70H47NOS. The van der Waals surface area contributed by atoms with E-state index in [1.54, 1.807) is 0 Å². The fourth-order valence-electron chi connectivity index (χ4n) is 11.1. The Hall–Kier alpha value is -9.02. The minimum atomic E-state index is 0.894. The Morgan fingerprint density at radius 1 is 0.356 bits per heavy atom. The van der Waals surface area contributed by atoms with Crippen LogP contribution in [0.15, 0.2) is 271 Å². The molecular weight excluding hydrogens is 903 g/mol. The van der Waals surface area contributed by atoms with Crippen molar-refractivity contribution in [1.82, 2.24) is 0 Å². The summed E-state index contributed by atoms with van der Waals surface area (Å²) in [6.45, 7) is 0. The highest BCUT2D eigenvalue weighted by molar-refractivity contribution is 7.25. The Morgan fingerprint density at radius 3 is 1.70 bits per heavy atom. The molecule has 73 heavy (non-hydrogen) atoms. The molecule has 0 N–H and O–H groups in total. The van der Waals surface area contributed by atoms with Crippen molar-refractivity contribution in [2.24, 2.45) is 0 Å². The van der Waals surface area contributed by atoms with Gasteiger partial charge in [0, 0.05) is 48.0 Å². The zero-order valence-corrected chi connectivity index (χ0v) is 40.8. The maximum atomic E-state index is 6.55. The van der Waals surface area contributed by atoms with E-state index in [1.165, 1.54) is 86.4 Å². The van der Waals surface area contributed by atoms with Gasteiger partial charge in [0.05, 0.1) is 0 Å². The summed E-state index contributed by atoms with van der Waals surface area (Å²) in [5, 5.41) is 7.33. The molecule has 0 spiro atoms. The number of furan rings is 1. The predicted molar refractivity (Wildman–Crippen MR) is 312 cm³/mol. The highest BCUT2D eigenvalue weighted by Gasteiger charge is 2.22. The maximum Gasteiger partial charge on any atom is 0.136 e. The molecule has 0 saturated heterocycles. The van der Waals surface area contributed by atoms with Gasteiger partial charge in [-0.25, -0.2) is 0 Å². The van der Waals surface area contributed by atoms with Gasteiger partial charge in [-0.3, -0.25) is 0 Å². The van der Waals surface area contributed by atoms with E-state index in [0.29, 0.717) is 0 Å². The first kappa shape index (κ1) is 42.8. The van der Waals surface area contributed by atoms with E-state index in [1.807, 2.05) is 11.3 Å². The average molecular weight is 950 g/mol. The normalized spacial score (nSPS) is 12.7. The molecule has 13 aromatic rings. The Labute approximate surface area is 428 Å². The van der Waals surface area contributed by atoms with E-state index >= 15 is 0 Å².